The molecule has 0 aliphatic carbocycles. The summed E-state index contributed by atoms with van der Waals surface area (Å²) in [5.74, 6) is -0.0701. The molecule has 0 rings (SSSR count). The van der Waals surface area contributed by atoms with Crippen molar-refractivity contribution in [3.8, 4) is 0 Å². The second-order valence-electron chi connectivity index (χ2n) is 17.9. The molecule has 1 amide bonds. The van der Waals surface area contributed by atoms with Crippen LogP contribution in [0.15, 0.2) is 48.6 Å². The van der Waals surface area contributed by atoms with Crippen molar-refractivity contribution >= 4 is 5.91 Å². The van der Waals surface area contributed by atoms with E-state index in [9.17, 15) is 15.0 Å². The third-order valence-corrected chi connectivity index (χ3v) is 12.1. The van der Waals surface area contributed by atoms with Gasteiger partial charge in [-0.1, -0.05) is 268 Å². The monoisotopic (exact) mass is 826 g/mol. The van der Waals surface area contributed by atoms with Crippen LogP contribution < -0.4 is 5.32 Å². The van der Waals surface area contributed by atoms with Gasteiger partial charge in [0.2, 0.25) is 5.91 Å². The highest BCUT2D eigenvalue weighted by Gasteiger charge is 2.20. The van der Waals surface area contributed by atoms with Crippen LogP contribution >= 0.6 is 0 Å². The zero-order valence-corrected chi connectivity index (χ0v) is 39.8. The number of rotatable bonds is 48. The number of nitrogens with one attached hydrogen (secondary N) is 1. The van der Waals surface area contributed by atoms with Gasteiger partial charge in [0.05, 0.1) is 18.8 Å². The van der Waals surface area contributed by atoms with Crippen molar-refractivity contribution in [3.63, 3.8) is 0 Å². The van der Waals surface area contributed by atoms with E-state index in [0.717, 1.165) is 57.8 Å². The summed E-state index contributed by atoms with van der Waals surface area (Å²) in [6.07, 6.45) is 69.6. The minimum atomic E-state index is -0.679. The number of aliphatic hydroxyl groups is 2. The van der Waals surface area contributed by atoms with Crippen LogP contribution in [0, 0.1) is 0 Å². The van der Waals surface area contributed by atoms with Crippen LogP contribution in [-0.2, 0) is 4.79 Å². The van der Waals surface area contributed by atoms with E-state index in [2.05, 4.69) is 67.8 Å². The highest BCUT2D eigenvalue weighted by Crippen LogP contribution is 2.17. The molecule has 0 aliphatic rings. The third-order valence-electron chi connectivity index (χ3n) is 12.1. The quantitative estimate of drug-likeness (QED) is 0.0423. The van der Waals surface area contributed by atoms with Gasteiger partial charge >= 0.3 is 0 Å². The van der Waals surface area contributed by atoms with E-state index in [1.165, 1.54) is 193 Å². The molecule has 4 nitrogen and oxygen atoms in total. The zero-order valence-electron chi connectivity index (χ0n) is 39.8. The van der Waals surface area contributed by atoms with E-state index in [1.54, 1.807) is 0 Å². The number of carbonyl (C=O) groups excluding carboxylic acids is 1. The van der Waals surface area contributed by atoms with Crippen molar-refractivity contribution in [1.29, 1.82) is 0 Å². The van der Waals surface area contributed by atoms with Crippen LogP contribution in [0.25, 0.3) is 0 Å². The van der Waals surface area contributed by atoms with Crippen LogP contribution in [0.2, 0.25) is 0 Å². The van der Waals surface area contributed by atoms with E-state index in [-0.39, 0.29) is 12.5 Å². The van der Waals surface area contributed by atoms with Crippen molar-refractivity contribution in [2.45, 2.75) is 289 Å². The maximum absolute atomic E-state index is 12.4. The van der Waals surface area contributed by atoms with Gasteiger partial charge in [0.25, 0.3) is 0 Å². The van der Waals surface area contributed by atoms with Crippen molar-refractivity contribution in [3.05, 3.63) is 48.6 Å². The maximum Gasteiger partial charge on any atom is 0.220 e. The molecule has 0 aromatic rings. The molecule has 346 valence electrons. The molecule has 0 fully saturated rings. The van der Waals surface area contributed by atoms with Crippen LogP contribution in [0.3, 0.4) is 0 Å². The number of amides is 1. The summed E-state index contributed by atoms with van der Waals surface area (Å²) in [5, 5.41) is 23.2. The Balaban J connectivity index is 3.43. The lowest BCUT2D eigenvalue weighted by atomic mass is 10.0. The Morgan fingerprint density at radius 2 is 0.746 bits per heavy atom. The second-order valence-corrected chi connectivity index (χ2v) is 17.9. The first-order chi connectivity index (χ1) is 29.2. The van der Waals surface area contributed by atoms with Gasteiger partial charge in [0.15, 0.2) is 0 Å². The number of hydrogen-bond acceptors (Lipinski definition) is 3. The Labute approximate surface area is 369 Å². The fourth-order valence-corrected chi connectivity index (χ4v) is 8.12. The van der Waals surface area contributed by atoms with Gasteiger partial charge < -0.3 is 15.5 Å². The minimum absolute atomic E-state index is 0.0701. The Kier molecular flexibility index (Phi) is 49.3. The first-order valence-electron chi connectivity index (χ1n) is 26.3. The average molecular weight is 826 g/mol. The minimum Gasteiger partial charge on any atom is -0.394 e. The molecule has 59 heavy (non-hydrogen) atoms. The fraction of sp³-hybridized carbons (Fsp3) is 0.836. The fourth-order valence-electron chi connectivity index (χ4n) is 8.12. The summed E-state index contributed by atoms with van der Waals surface area (Å²) in [6.45, 7) is 4.24. The number of carbonyl (C=O) groups is 1. The molecule has 0 saturated heterocycles. The largest absolute Gasteiger partial charge is 0.394 e. The Bertz CT molecular complexity index is 939. The molecule has 0 bridgehead atoms. The summed E-state index contributed by atoms with van der Waals surface area (Å²) in [7, 11) is 0. The summed E-state index contributed by atoms with van der Waals surface area (Å²) in [5.41, 5.74) is 0. The molecule has 0 saturated carbocycles. The molecule has 0 aromatic heterocycles. The summed E-state index contributed by atoms with van der Waals surface area (Å²) in [4.78, 5) is 12.4. The second kappa shape index (κ2) is 50.7. The normalized spacial score (nSPS) is 13.2. The van der Waals surface area contributed by atoms with Gasteiger partial charge in [-0.25, -0.2) is 0 Å². The third kappa shape index (κ3) is 47.3. The molecular weight excluding hydrogens is 723 g/mol. The van der Waals surface area contributed by atoms with Crippen molar-refractivity contribution in [2.75, 3.05) is 6.61 Å². The molecule has 0 aliphatic heterocycles. The highest BCUT2D eigenvalue weighted by atomic mass is 16.3. The van der Waals surface area contributed by atoms with E-state index in [4.69, 9.17) is 0 Å². The van der Waals surface area contributed by atoms with Gasteiger partial charge in [-0.2, -0.15) is 0 Å². The highest BCUT2D eigenvalue weighted by molar-refractivity contribution is 5.76. The maximum atomic E-state index is 12.4. The van der Waals surface area contributed by atoms with E-state index < -0.39 is 12.1 Å². The van der Waals surface area contributed by atoms with Gasteiger partial charge in [-0.05, 0) is 51.4 Å². The smallest absolute Gasteiger partial charge is 0.220 e. The van der Waals surface area contributed by atoms with Gasteiger partial charge in [-0.3, -0.25) is 4.79 Å². The molecule has 0 aromatic carbocycles. The van der Waals surface area contributed by atoms with Crippen molar-refractivity contribution in [1.82, 2.24) is 5.32 Å². The molecule has 0 spiro atoms. The molecule has 4 heteroatoms. The lowest BCUT2D eigenvalue weighted by Gasteiger charge is -2.22. The first kappa shape index (κ1) is 57.3. The zero-order chi connectivity index (χ0) is 42.8. The predicted octanol–water partition coefficient (Wildman–Crippen LogP) is 17.1. The lowest BCUT2D eigenvalue weighted by Crippen LogP contribution is -2.45. The molecule has 3 N–H and O–H groups in total. The molecule has 2 unspecified atom stereocenters. The molecule has 2 atom stereocenters. The van der Waals surface area contributed by atoms with Crippen LogP contribution in [0.4, 0.5) is 0 Å². The summed E-state index contributed by atoms with van der Waals surface area (Å²) >= 11 is 0. The summed E-state index contributed by atoms with van der Waals surface area (Å²) < 4.78 is 0. The van der Waals surface area contributed by atoms with Gasteiger partial charge in [-0.15, -0.1) is 0 Å². The Hall–Kier alpha value is -1.65. The van der Waals surface area contributed by atoms with E-state index in [1.807, 2.05) is 0 Å². The number of allylic oxidation sites excluding steroid dienone is 8. The number of aliphatic hydroxyl groups excluding tert-OH is 2. The topological polar surface area (TPSA) is 69.6 Å². The molecule has 0 radical (unpaired) electrons. The van der Waals surface area contributed by atoms with Crippen molar-refractivity contribution < 1.29 is 15.0 Å². The predicted molar refractivity (Wildman–Crippen MR) is 262 cm³/mol. The first-order valence-corrected chi connectivity index (χ1v) is 26.3. The Morgan fingerprint density at radius 1 is 0.424 bits per heavy atom. The van der Waals surface area contributed by atoms with E-state index in [0.29, 0.717) is 12.8 Å². The molecular formula is C55H103NO3. The number of unbranched alkanes of at least 4 members (excludes halogenated alkanes) is 33. The van der Waals surface area contributed by atoms with Crippen LogP contribution in [0.5, 0.6) is 0 Å². The lowest BCUT2D eigenvalue weighted by molar-refractivity contribution is -0.123. The van der Waals surface area contributed by atoms with Gasteiger partial charge in [0.1, 0.15) is 0 Å². The summed E-state index contributed by atoms with van der Waals surface area (Å²) in [6, 6.07) is -0.560. The van der Waals surface area contributed by atoms with Crippen LogP contribution in [-0.4, -0.2) is 34.9 Å². The molecule has 0 heterocycles. The SMILES string of the molecule is CC/C=C\C/C=C\C/C=C\C/C=C\CCCCC(=O)NC(CO)C(O)CCCCCCCCCCCCCCCCCCCCCCCCCCCCCCCCCC. The Morgan fingerprint density at radius 3 is 1.08 bits per heavy atom. The van der Waals surface area contributed by atoms with E-state index >= 15 is 0 Å². The number of hydrogen-bond donors (Lipinski definition) is 3. The average Bonchev–Trinajstić information content (AvgIpc) is 3.24. The van der Waals surface area contributed by atoms with Crippen molar-refractivity contribution in [2.24, 2.45) is 0 Å². The van der Waals surface area contributed by atoms with Gasteiger partial charge in [0, 0.05) is 6.42 Å². The standard InChI is InChI=1S/C55H103NO3/c1-3-5-7-9-11-13-15-17-19-20-21-22-23-24-25-26-27-28-29-30-31-32-33-34-35-37-38-40-42-44-46-48-50-54(58)53(52-57)56-55(59)51-49-47-45-43-41-39-36-18-16-14-12-10-8-6-4-2/h6,8,12,14,18,36,41,43,53-54,57-58H,3-5,7,9-11,13,15-17,19-35,37-40,42,44-52H2,1-2H3,(H,56,59)/b8-6-,14-12-,36-18-,43-41-. The van der Waals surface area contributed by atoms with Crippen LogP contribution in [0.1, 0.15) is 277 Å².